The highest BCUT2D eigenvalue weighted by Gasteiger charge is 2.32. The molecule has 0 aliphatic rings. The Kier molecular flexibility index (Phi) is 10.1. The minimum Gasteiger partial charge on any atom is -0.352 e. The van der Waals surface area contributed by atoms with Crippen LogP contribution in [0.5, 0.6) is 0 Å². The molecule has 0 aliphatic carbocycles. The summed E-state index contributed by atoms with van der Waals surface area (Å²) >= 11 is 3.32. The maximum Gasteiger partial charge on any atom is 0.244 e. The van der Waals surface area contributed by atoms with Crippen molar-refractivity contribution in [1.29, 1.82) is 0 Å². The van der Waals surface area contributed by atoms with Crippen molar-refractivity contribution in [3.8, 4) is 0 Å². The van der Waals surface area contributed by atoms with E-state index in [1.165, 1.54) is 29.2 Å². The van der Waals surface area contributed by atoms with E-state index in [0.29, 0.717) is 17.7 Å². The molecule has 0 fully saturated rings. The molecule has 0 spiro atoms. The smallest absolute Gasteiger partial charge is 0.244 e. The maximum absolute atomic E-state index is 13.5. The van der Waals surface area contributed by atoms with E-state index in [1.807, 2.05) is 13.8 Å². The molecule has 0 bridgehead atoms. The van der Waals surface area contributed by atoms with Gasteiger partial charge in [-0.1, -0.05) is 41.9 Å². The van der Waals surface area contributed by atoms with Crippen LogP contribution in [-0.2, 0) is 26.2 Å². The van der Waals surface area contributed by atoms with E-state index >= 15 is 0 Å². The normalized spacial score (nSPS) is 13.1. The molecule has 2 atom stereocenters. The van der Waals surface area contributed by atoms with Gasteiger partial charge in [0, 0.05) is 17.1 Å². The fourth-order valence-corrected chi connectivity index (χ4v) is 4.48. The van der Waals surface area contributed by atoms with E-state index in [0.717, 1.165) is 21.5 Å². The zero-order valence-corrected chi connectivity index (χ0v) is 22.2. The van der Waals surface area contributed by atoms with Crippen LogP contribution in [0, 0.1) is 5.82 Å². The van der Waals surface area contributed by atoms with E-state index in [4.69, 9.17) is 0 Å². The summed E-state index contributed by atoms with van der Waals surface area (Å²) in [6.45, 7) is 5.15. The fourth-order valence-electron chi connectivity index (χ4n) is 3.37. The number of carbonyl (C=O) groups excluding carboxylic acids is 2. The van der Waals surface area contributed by atoms with Gasteiger partial charge in [-0.3, -0.25) is 13.9 Å². The highest BCUT2D eigenvalue weighted by molar-refractivity contribution is 9.10. The lowest BCUT2D eigenvalue weighted by Gasteiger charge is -2.33. The highest BCUT2D eigenvalue weighted by Crippen LogP contribution is 2.22. The number of nitrogens with one attached hydrogen (secondary N) is 1. The van der Waals surface area contributed by atoms with Gasteiger partial charge in [0.15, 0.2) is 0 Å². The zero-order valence-electron chi connectivity index (χ0n) is 19.8. The first-order valence-electron chi connectivity index (χ1n) is 11.0. The van der Waals surface area contributed by atoms with Crippen LogP contribution in [0.1, 0.15) is 39.2 Å². The lowest BCUT2D eigenvalue weighted by atomic mass is 10.1. The minimum absolute atomic E-state index is 0.0312. The van der Waals surface area contributed by atoms with Crippen molar-refractivity contribution >= 4 is 43.5 Å². The number of hydrogen-bond acceptors (Lipinski definition) is 4. The topological polar surface area (TPSA) is 86.8 Å². The Balaban J connectivity index is 2.41. The van der Waals surface area contributed by atoms with Gasteiger partial charge in [-0.25, -0.2) is 12.8 Å². The van der Waals surface area contributed by atoms with Crippen molar-refractivity contribution in [1.82, 2.24) is 10.2 Å². The maximum atomic E-state index is 13.5. The summed E-state index contributed by atoms with van der Waals surface area (Å²) in [5.41, 5.74) is 0.956. The molecule has 0 aliphatic heterocycles. The van der Waals surface area contributed by atoms with Crippen molar-refractivity contribution in [2.24, 2.45) is 0 Å². The Bertz CT molecular complexity index is 1080. The quantitative estimate of drug-likeness (QED) is 0.452. The molecule has 34 heavy (non-hydrogen) atoms. The summed E-state index contributed by atoms with van der Waals surface area (Å²) in [5.74, 6) is -1.27. The molecule has 0 aromatic heterocycles. The average molecular weight is 556 g/mol. The first-order valence-corrected chi connectivity index (χ1v) is 13.7. The number of anilines is 1. The second-order valence-corrected chi connectivity index (χ2v) is 11.0. The first kappa shape index (κ1) is 27.8. The molecule has 2 aromatic rings. The summed E-state index contributed by atoms with van der Waals surface area (Å²) in [4.78, 5) is 27.9. The van der Waals surface area contributed by atoms with Crippen LogP contribution in [0.25, 0.3) is 0 Å². The van der Waals surface area contributed by atoms with Crippen molar-refractivity contribution in [3.63, 3.8) is 0 Å². The van der Waals surface area contributed by atoms with E-state index in [2.05, 4.69) is 21.2 Å². The summed E-state index contributed by atoms with van der Waals surface area (Å²) in [6.07, 6.45) is 2.07. The Morgan fingerprint density at radius 1 is 1.03 bits per heavy atom. The number of benzene rings is 2. The number of nitrogens with zero attached hydrogens (tertiary/aromatic N) is 2. The monoisotopic (exact) mass is 555 g/mol. The number of halogens is 2. The second-order valence-electron chi connectivity index (χ2n) is 8.14. The lowest BCUT2D eigenvalue weighted by molar-refractivity contribution is -0.140. The molecule has 7 nitrogen and oxygen atoms in total. The third kappa shape index (κ3) is 7.80. The van der Waals surface area contributed by atoms with Crippen LogP contribution >= 0.6 is 15.9 Å². The molecule has 0 unspecified atom stereocenters. The van der Waals surface area contributed by atoms with Gasteiger partial charge in [0.1, 0.15) is 18.4 Å². The van der Waals surface area contributed by atoms with Gasteiger partial charge < -0.3 is 10.2 Å². The molecule has 0 saturated heterocycles. The second kappa shape index (κ2) is 12.3. The van der Waals surface area contributed by atoms with Crippen molar-refractivity contribution < 1.29 is 22.4 Å². The van der Waals surface area contributed by atoms with E-state index in [1.54, 1.807) is 31.2 Å². The van der Waals surface area contributed by atoms with Crippen LogP contribution in [0.15, 0.2) is 53.0 Å². The fraction of sp³-hybridized carbons (Fsp3) is 0.417. The lowest BCUT2D eigenvalue weighted by Crippen LogP contribution is -2.53. The minimum atomic E-state index is -3.79. The Hall–Kier alpha value is -2.46. The number of hydrogen-bond donors (Lipinski definition) is 1. The standard InChI is InChI=1S/C24H31BrFN3O4S/c1-5-17(3)27-24(31)22(6-2)28(15-18-7-11-20(26)12-8-18)23(30)16-29(34(4,32)33)21-13-9-19(25)10-14-21/h7-14,17,22H,5-6,15-16H2,1-4H3,(H,27,31)/t17-,22-/m1/s1. The molecule has 10 heteroatoms. The molecule has 0 saturated carbocycles. The summed E-state index contributed by atoms with van der Waals surface area (Å²) < 4.78 is 40.3. The zero-order chi connectivity index (χ0) is 25.5. The van der Waals surface area contributed by atoms with E-state index in [9.17, 15) is 22.4 Å². The molecule has 2 amide bonds. The summed E-state index contributed by atoms with van der Waals surface area (Å²) in [6, 6.07) is 11.3. The van der Waals surface area contributed by atoms with Crippen LogP contribution < -0.4 is 9.62 Å². The van der Waals surface area contributed by atoms with Gasteiger partial charge in [0.25, 0.3) is 0 Å². The number of rotatable bonds is 11. The van der Waals surface area contributed by atoms with Gasteiger partial charge in [-0.05, 0) is 61.7 Å². The Morgan fingerprint density at radius 3 is 2.12 bits per heavy atom. The van der Waals surface area contributed by atoms with E-state index < -0.39 is 34.3 Å². The van der Waals surface area contributed by atoms with Crippen molar-refractivity contribution in [2.45, 2.75) is 52.2 Å². The predicted octanol–water partition coefficient (Wildman–Crippen LogP) is 4.08. The van der Waals surface area contributed by atoms with Crippen molar-refractivity contribution in [2.75, 3.05) is 17.1 Å². The third-order valence-corrected chi connectivity index (χ3v) is 7.12. The molecule has 1 N–H and O–H groups in total. The molecule has 2 rings (SSSR count). The van der Waals surface area contributed by atoms with Crippen LogP contribution in [0.2, 0.25) is 0 Å². The van der Waals surface area contributed by atoms with Gasteiger partial charge in [0.2, 0.25) is 21.8 Å². The van der Waals surface area contributed by atoms with Crippen LogP contribution in [0.4, 0.5) is 10.1 Å². The van der Waals surface area contributed by atoms with Crippen molar-refractivity contribution in [3.05, 3.63) is 64.4 Å². The third-order valence-electron chi connectivity index (χ3n) is 5.45. The molecule has 0 heterocycles. The van der Waals surface area contributed by atoms with Crippen LogP contribution in [-0.4, -0.2) is 50.0 Å². The summed E-state index contributed by atoms with van der Waals surface area (Å²) in [7, 11) is -3.79. The average Bonchev–Trinajstić information content (AvgIpc) is 2.78. The molecule has 186 valence electrons. The largest absolute Gasteiger partial charge is 0.352 e. The predicted molar refractivity (Wildman–Crippen MR) is 135 cm³/mol. The SMILES string of the molecule is CC[C@@H](C)NC(=O)[C@@H](CC)N(Cc1ccc(F)cc1)C(=O)CN(c1ccc(Br)cc1)S(C)(=O)=O. The molecule has 0 radical (unpaired) electrons. The first-order chi connectivity index (χ1) is 16.0. The Labute approximate surface area is 209 Å². The van der Waals surface area contributed by atoms with Gasteiger partial charge in [0.05, 0.1) is 11.9 Å². The van der Waals surface area contributed by atoms with E-state index in [-0.39, 0.29) is 18.5 Å². The molecular weight excluding hydrogens is 525 g/mol. The number of sulfonamides is 1. The molecule has 2 aromatic carbocycles. The van der Waals surface area contributed by atoms with Gasteiger partial charge in [-0.2, -0.15) is 0 Å². The molecular formula is C24H31BrFN3O4S. The number of amides is 2. The van der Waals surface area contributed by atoms with Gasteiger partial charge in [-0.15, -0.1) is 0 Å². The number of carbonyl (C=O) groups is 2. The highest BCUT2D eigenvalue weighted by atomic mass is 79.9. The summed E-state index contributed by atoms with van der Waals surface area (Å²) in [5, 5.41) is 2.90. The van der Waals surface area contributed by atoms with Crippen LogP contribution in [0.3, 0.4) is 0 Å². The Morgan fingerprint density at radius 2 is 1.62 bits per heavy atom. The van der Waals surface area contributed by atoms with Gasteiger partial charge >= 0.3 is 0 Å².